The lowest BCUT2D eigenvalue weighted by Gasteiger charge is -2.18. The van der Waals surface area contributed by atoms with Crippen LogP contribution < -0.4 is 10.1 Å². The highest BCUT2D eigenvalue weighted by molar-refractivity contribution is 8.00. The maximum atomic E-state index is 12.8. The Bertz CT molecular complexity index is 1210. The van der Waals surface area contributed by atoms with Crippen molar-refractivity contribution < 1.29 is 17.9 Å². The third-order valence-corrected chi connectivity index (χ3v) is 8.19. The van der Waals surface area contributed by atoms with Gasteiger partial charge in [0.05, 0.1) is 41.4 Å². The number of carbonyl (C=O) groups is 1. The number of imidazole rings is 1. The fourth-order valence-corrected chi connectivity index (χ4v) is 6.30. The highest BCUT2D eigenvalue weighted by Gasteiger charge is 2.30. The largest absolute Gasteiger partial charge is 0.495 e. The van der Waals surface area contributed by atoms with Crippen LogP contribution in [-0.2, 0) is 14.6 Å². The van der Waals surface area contributed by atoms with Crippen molar-refractivity contribution in [3.8, 4) is 22.7 Å². The average Bonchev–Trinajstić information content (AvgIpc) is 3.36. The summed E-state index contributed by atoms with van der Waals surface area (Å²) >= 11 is 1.33. The summed E-state index contributed by atoms with van der Waals surface area (Å²) in [7, 11) is -1.43. The summed E-state index contributed by atoms with van der Waals surface area (Å²) in [5, 5.41) is 3.06. The topological polar surface area (TPSA) is 90.3 Å². The van der Waals surface area contributed by atoms with Gasteiger partial charge in [-0.2, -0.15) is 0 Å². The van der Waals surface area contributed by atoms with Crippen molar-refractivity contribution in [2.75, 3.05) is 18.6 Å². The first kappa shape index (κ1) is 22.4. The van der Waals surface area contributed by atoms with Crippen LogP contribution in [0.3, 0.4) is 0 Å². The lowest BCUT2D eigenvalue weighted by Crippen LogP contribution is -2.40. The summed E-state index contributed by atoms with van der Waals surface area (Å²) in [6.07, 6.45) is 2.25. The van der Waals surface area contributed by atoms with Crippen molar-refractivity contribution in [3.63, 3.8) is 0 Å². The number of ether oxygens (including phenoxy) is 1. The van der Waals surface area contributed by atoms with E-state index in [4.69, 9.17) is 4.74 Å². The number of nitrogens with zero attached hydrogens (tertiary/aromatic N) is 2. The predicted molar refractivity (Wildman–Crippen MR) is 126 cm³/mol. The minimum Gasteiger partial charge on any atom is -0.495 e. The van der Waals surface area contributed by atoms with Gasteiger partial charge in [0.2, 0.25) is 5.91 Å². The van der Waals surface area contributed by atoms with Gasteiger partial charge >= 0.3 is 0 Å². The van der Waals surface area contributed by atoms with E-state index in [1.165, 1.54) is 11.8 Å². The number of para-hydroxylation sites is 2. The number of nitrogens with one attached hydrogen (secondary N) is 1. The molecule has 1 saturated heterocycles. The minimum absolute atomic E-state index is 0.00409. The molecule has 0 saturated carbocycles. The first-order valence-corrected chi connectivity index (χ1v) is 13.0. The first-order chi connectivity index (χ1) is 15.4. The van der Waals surface area contributed by atoms with Gasteiger partial charge in [-0.25, -0.2) is 13.4 Å². The molecule has 2 atom stereocenters. The van der Waals surface area contributed by atoms with E-state index in [-0.39, 0.29) is 23.5 Å². The number of benzene rings is 2. The zero-order valence-corrected chi connectivity index (χ0v) is 19.5. The molecule has 1 aliphatic rings. The molecule has 4 rings (SSSR count). The van der Waals surface area contributed by atoms with E-state index >= 15 is 0 Å². The van der Waals surface area contributed by atoms with Crippen LogP contribution in [0.5, 0.6) is 5.75 Å². The van der Waals surface area contributed by atoms with Gasteiger partial charge in [0.15, 0.2) is 15.0 Å². The molecule has 2 heterocycles. The summed E-state index contributed by atoms with van der Waals surface area (Å²) in [4.78, 5) is 17.4. The standard InChI is InChI=1S/C23H25N3O4S2/c1-16(22(27)25-18-12-13-32(28,29)15-18)31-23-24-14-20(17-8-4-3-5-9-17)26(23)19-10-6-7-11-21(19)30-2/h3-11,14,16,18H,12-13,15H2,1-2H3,(H,25,27). The Balaban J connectivity index is 1.64. The normalized spacial score (nSPS) is 18.2. The molecule has 0 aliphatic carbocycles. The molecule has 0 bridgehead atoms. The molecule has 0 spiro atoms. The Hall–Kier alpha value is -2.78. The summed E-state index contributed by atoms with van der Waals surface area (Å²) < 4.78 is 31.0. The molecular weight excluding hydrogens is 446 g/mol. The van der Waals surface area contributed by atoms with Crippen molar-refractivity contribution >= 4 is 27.5 Å². The Kier molecular flexibility index (Phi) is 6.57. The molecule has 1 aromatic heterocycles. The smallest absolute Gasteiger partial charge is 0.233 e. The molecule has 0 radical (unpaired) electrons. The van der Waals surface area contributed by atoms with E-state index in [1.807, 2.05) is 59.2 Å². The van der Waals surface area contributed by atoms with Crippen LogP contribution in [0.15, 0.2) is 66.0 Å². The Labute approximate surface area is 192 Å². The second kappa shape index (κ2) is 9.38. The van der Waals surface area contributed by atoms with Crippen LogP contribution in [0.25, 0.3) is 16.9 Å². The zero-order chi connectivity index (χ0) is 22.7. The fourth-order valence-electron chi connectivity index (χ4n) is 3.72. The van der Waals surface area contributed by atoms with Crippen molar-refractivity contribution in [3.05, 3.63) is 60.8 Å². The Morgan fingerprint density at radius 3 is 2.59 bits per heavy atom. The number of carbonyl (C=O) groups excluding carboxylic acids is 1. The quantitative estimate of drug-likeness (QED) is 0.532. The number of sulfone groups is 1. The molecule has 1 amide bonds. The van der Waals surface area contributed by atoms with Crippen molar-refractivity contribution in [1.29, 1.82) is 0 Å². The summed E-state index contributed by atoms with van der Waals surface area (Å²) in [5.41, 5.74) is 2.70. The van der Waals surface area contributed by atoms with Gasteiger partial charge < -0.3 is 10.1 Å². The van der Waals surface area contributed by atoms with Gasteiger partial charge in [-0.1, -0.05) is 54.2 Å². The van der Waals surface area contributed by atoms with E-state index in [1.54, 1.807) is 20.2 Å². The van der Waals surface area contributed by atoms with Crippen LogP contribution in [0, 0.1) is 0 Å². The monoisotopic (exact) mass is 471 g/mol. The second-order valence-electron chi connectivity index (χ2n) is 7.67. The Morgan fingerprint density at radius 1 is 1.19 bits per heavy atom. The van der Waals surface area contributed by atoms with Gasteiger partial charge in [0.1, 0.15) is 5.75 Å². The van der Waals surface area contributed by atoms with E-state index in [0.29, 0.717) is 17.3 Å². The van der Waals surface area contributed by atoms with Gasteiger partial charge in [0, 0.05) is 11.6 Å². The Morgan fingerprint density at radius 2 is 1.91 bits per heavy atom. The molecule has 3 aromatic rings. The molecule has 2 unspecified atom stereocenters. The number of thioether (sulfide) groups is 1. The van der Waals surface area contributed by atoms with Gasteiger partial charge in [-0.05, 0) is 25.5 Å². The third-order valence-electron chi connectivity index (χ3n) is 5.36. The van der Waals surface area contributed by atoms with E-state index < -0.39 is 15.1 Å². The summed E-state index contributed by atoms with van der Waals surface area (Å²) in [6.45, 7) is 1.80. The SMILES string of the molecule is COc1ccccc1-n1c(-c2ccccc2)cnc1SC(C)C(=O)NC1CCS(=O)(=O)C1. The van der Waals surface area contributed by atoms with Crippen molar-refractivity contribution in [1.82, 2.24) is 14.9 Å². The van der Waals surface area contributed by atoms with Gasteiger partial charge in [-0.3, -0.25) is 9.36 Å². The number of rotatable bonds is 7. The third kappa shape index (κ3) is 4.83. The summed E-state index contributed by atoms with van der Waals surface area (Å²) in [5.74, 6) is 0.619. The van der Waals surface area contributed by atoms with Crippen molar-refractivity contribution in [2.24, 2.45) is 0 Å². The van der Waals surface area contributed by atoms with Crippen LogP contribution >= 0.6 is 11.8 Å². The second-order valence-corrected chi connectivity index (χ2v) is 11.2. The maximum absolute atomic E-state index is 12.8. The zero-order valence-electron chi connectivity index (χ0n) is 17.9. The molecule has 168 valence electrons. The predicted octanol–water partition coefficient (Wildman–Crippen LogP) is 3.33. The molecule has 32 heavy (non-hydrogen) atoms. The molecular formula is C23H25N3O4S2. The van der Waals surface area contributed by atoms with Gasteiger partial charge in [0.25, 0.3) is 0 Å². The molecule has 2 aromatic carbocycles. The number of amides is 1. The number of hydrogen-bond acceptors (Lipinski definition) is 6. The fraction of sp³-hybridized carbons (Fsp3) is 0.304. The maximum Gasteiger partial charge on any atom is 0.233 e. The van der Waals surface area contributed by atoms with Crippen LogP contribution in [0.1, 0.15) is 13.3 Å². The van der Waals surface area contributed by atoms with E-state index in [0.717, 1.165) is 16.9 Å². The minimum atomic E-state index is -3.06. The molecule has 1 N–H and O–H groups in total. The lowest BCUT2D eigenvalue weighted by molar-refractivity contribution is -0.120. The highest BCUT2D eigenvalue weighted by atomic mass is 32.2. The van der Waals surface area contributed by atoms with E-state index in [9.17, 15) is 13.2 Å². The molecule has 1 fully saturated rings. The van der Waals surface area contributed by atoms with E-state index in [2.05, 4.69) is 10.3 Å². The number of aromatic nitrogens is 2. The average molecular weight is 472 g/mol. The highest BCUT2D eigenvalue weighted by Crippen LogP contribution is 2.35. The van der Waals surface area contributed by atoms with Crippen molar-refractivity contribution in [2.45, 2.75) is 29.8 Å². The van der Waals surface area contributed by atoms with Gasteiger partial charge in [-0.15, -0.1) is 0 Å². The number of hydrogen-bond donors (Lipinski definition) is 1. The number of methoxy groups -OCH3 is 1. The molecule has 9 heteroatoms. The lowest BCUT2D eigenvalue weighted by atomic mass is 10.1. The van der Waals surface area contributed by atoms with Crippen LogP contribution in [0.4, 0.5) is 0 Å². The summed E-state index contributed by atoms with van der Waals surface area (Å²) in [6, 6.07) is 17.2. The van der Waals surface area contributed by atoms with Crippen LogP contribution in [-0.4, -0.2) is 53.8 Å². The first-order valence-electron chi connectivity index (χ1n) is 10.3. The van der Waals surface area contributed by atoms with Crippen LogP contribution in [0.2, 0.25) is 0 Å². The molecule has 1 aliphatic heterocycles. The molecule has 7 nitrogen and oxygen atoms in total.